The van der Waals surface area contributed by atoms with Crippen LogP contribution in [0.5, 0.6) is 0 Å². The molecule has 0 spiro atoms. The van der Waals surface area contributed by atoms with Crippen molar-refractivity contribution in [3.05, 3.63) is 40.9 Å². The molecule has 4 rings (SSSR count). The van der Waals surface area contributed by atoms with Gasteiger partial charge in [0.25, 0.3) is 0 Å². The normalized spacial score (nSPS) is 17.9. The number of nitrogens with zero attached hydrogens (tertiary/aromatic N) is 5. The van der Waals surface area contributed by atoms with Gasteiger partial charge in [-0.2, -0.15) is 15.1 Å². The summed E-state index contributed by atoms with van der Waals surface area (Å²) in [5, 5.41) is 5.04. The molecule has 148 valence electrons. The standard InChI is InChI=1S/C21H27ClN6/c22-18-10-4-3-9-17(18)16-23-26-19-15-20(27-11-5-1-6-12-27)25-21(24-19)28-13-7-2-8-14-28/h3-4,9-10,15-16H,1-2,5-8,11-14H2,(H,24,25,26)/b23-16+. The fourth-order valence-corrected chi connectivity index (χ4v) is 3.93. The Balaban J connectivity index is 1.56. The van der Waals surface area contributed by atoms with Gasteiger partial charge in [-0.05, 0) is 44.6 Å². The summed E-state index contributed by atoms with van der Waals surface area (Å²) in [5.41, 5.74) is 3.96. The van der Waals surface area contributed by atoms with Crippen LogP contribution in [0.4, 0.5) is 17.6 Å². The number of halogens is 1. The van der Waals surface area contributed by atoms with Crippen molar-refractivity contribution in [3.63, 3.8) is 0 Å². The van der Waals surface area contributed by atoms with Gasteiger partial charge < -0.3 is 9.80 Å². The van der Waals surface area contributed by atoms with Crippen LogP contribution in [0.2, 0.25) is 5.02 Å². The van der Waals surface area contributed by atoms with Crippen LogP contribution >= 0.6 is 11.6 Å². The predicted octanol–water partition coefficient (Wildman–Crippen LogP) is 4.56. The Kier molecular flexibility index (Phi) is 6.27. The predicted molar refractivity (Wildman–Crippen MR) is 117 cm³/mol. The molecule has 0 radical (unpaired) electrons. The van der Waals surface area contributed by atoms with E-state index in [4.69, 9.17) is 21.6 Å². The van der Waals surface area contributed by atoms with Crippen molar-refractivity contribution < 1.29 is 0 Å². The lowest BCUT2D eigenvalue weighted by Crippen LogP contribution is -2.33. The zero-order valence-corrected chi connectivity index (χ0v) is 16.9. The number of nitrogens with one attached hydrogen (secondary N) is 1. The summed E-state index contributed by atoms with van der Waals surface area (Å²) in [6.07, 6.45) is 9.15. The molecule has 0 saturated carbocycles. The van der Waals surface area contributed by atoms with Crippen LogP contribution in [-0.2, 0) is 0 Å². The summed E-state index contributed by atoms with van der Waals surface area (Å²) in [6.45, 7) is 4.15. The van der Waals surface area contributed by atoms with E-state index in [-0.39, 0.29) is 0 Å². The molecule has 1 aromatic carbocycles. The molecule has 0 amide bonds. The Morgan fingerprint density at radius 1 is 0.893 bits per heavy atom. The maximum absolute atomic E-state index is 6.20. The summed E-state index contributed by atoms with van der Waals surface area (Å²) < 4.78 is 0. The molecule has 0 aliphatic carbocycles. The van der Waals surface area contributed by atoms with Crippen LogP contribution in [0.15, 0.2) is 35.4 Å². The highest BCUT2D eigenvalue weighted by Crippen LogP contribution is 2.25. The van der Waals surface area contributed by atoms with Gasteiger partial charge in [0.1, 0.15) is 5.82 Å². The fourth-order valence-electron chi connectivity index (χ4n) is 3.75. The lowest BCUT2D eigenvalue weighted by atomic mass is 10.1. The first-order chi connectivity index (χ1) is 13.8. The van der Waals surface area contributed by atoms with Crippen LogP contribution < -0.4 is 15.2 Å². The average molecular weight is 399 g/mol. The van der Waals surface area contributed by atoms with Crippen molar-refractivity contribution >= 4 is 35.4 Å². The van der Waals surface area contributed by atoms with E-state index in [2.05, 4.69) is 20.3 Å². The molecule has 28 heavy (non-hydrogen) atoms. The van der Waals surface area contributed by atoms with E-state index in [1.807, 2.05) is 30.3 Å². The van der Waals surface area contributed by atoms with Gasteiger partial charge in [0.15, 0.2) is 5.82 Å². The number of piperidine rings is 2. The highest BCUT2D eigenvalue weighted by molar-refractivity contribution is 6.33. The number of hydrogen-bond donors (Lipinski definition) is 1. The first-order valence-corrected chi connectivity index (χ1v) is 10.6. The second-order valence-corrected chi connectivity index (χ2v) is 7.81. The van der Waals surface area contributed by atoms with E-state index in [9.17, 15) is 0 Å². The van der Waals surface area contributed by atoms with Gasteiger partial charge in [-0.25, -0.2) is 0 Å². The van der Waals surface area contributed by atoms with Gasteiger partial charge in [-0.1, -0.05) is 29.8 Å². The molecule has 3 heterocycles. The molecule has 2 saturated heterocycles. The van der Waals surface area contributed by atoms with E-state index in [0.29, 0.717) is 5.02 Å². The summed E-state index contributed by atoms with van der Waals surface area (Å²) in [4.78, 5) is 14.3. The van der Waals surface area contributed by atoms with Crippen LogP contribution in [0, 0.1) is 0 Å². The van der Waals surface area contributed by atoms with E-state index < -0.39 is 0 Å². The van der Waals surface area contributed by atoms with Crippen LogP contribution in [0.1, 0.15) is 44.1 Å². The molecule has 1 aromatic heterocycles. The van der Waals surface area contributed by atoms with Crippen molar-refractivity contribution in [2.24, 2.45) is 5.10 Å². The lowest BCUT2D eigenvalue weighted by molar-refractivity contribution is 0.561. The lowest BCUT2D eigenvalue weighted by Gasteiger charge is -2.31. The SMILES string of the molecule is Clc1ccccc1/C=N/Nc1cc(N2CCCCC2)nc(N2CCCCC2)n1. The average Bonchev–Trinajstić information content (AvgIpc) is 2.76. The Morgan fingerprint density at radius 3 is 2.29 bits per heavy atom. The number of hydrazone groups is 1. The molecule has 2 aliphatic heterocycles. The summed E-state index contributed by atoms with van der Waals surface area (Å²) in [6, 6.07) is 9.65. The number of hydrogen-bond acceptors (Lipinski definition) is 6. The van der Waals surface area contributed by atoms with Crippen molar-refractivity contribution in [1.29, 1.82) is 0 Å². The number of aromatic nitrogens is 2. The molecule has 6 nitrogen and oxygen atoms in total. The maximum atomic E-state index is 6.20. The fraction of sp³-hybridized carbons (Fsp3) is 0.476. The Morgan fingerprint density at radius 2 is 1.57 bits per heavy atom. The topological polar surface area (TPSA) is 56.7 Å². The van der Waals surface area contributed by atoms with E-state index in [0.717, 1.165) is 49.3 Å². The minimum atomic E-state index is 0.679. The highest BCUT2D eigenvalue weighted by Gasteiger charge is 2.19. The zero-order valence-electron chi connectivity index (χ0n) is 16.1. The van der Waals surface area contributed by atoms with Gasteiger partial charge in [0, 0.05) is 42.8 Å². The van der Waals surface area contributed by atoms with Crippen LogP contribution in [0.3, 0.4) is 0 Å². The van der Waals surface area contributed by atoms with Gasteiger partial charge in [0.2, 0.25) is 5.95 Å². The minimum Gasteiger partial charge on any atom is -0.356 e. The Labute approximate surface area is 171 Å². The molecule has 7 heteroatoms. The largest absolute Gasteiger partial charge is 0.356 e. The third-order valence-corrected chi connectivity index (χ3v) is 5.65. The molecule has 2 aliphatic rings. The van der Waals surface area contributed by atoms with Crippen LogP contribution in [-0.4, -0.2) is 42.4 Å². The molecule has 0 atom stereocenters. The molecule has 2 fully saturated rings. The molecule has 1 N–H and O–H groups in total. The first-order valence-electron chi connectivity index (χ1n) is 10.2. The van der Waals surface area contributed by atoms with Crippen molar-refractivity contribution in [1.82, 2.24) is 9.97 Å². The minimum absolute atomic E-state index is 0.679. The van der Waals surface area contributed by atoms with Crippen molar-refractivity contribution in [2.75, 3.05) is 41.4 Å². The summed E-state index contributed by atoms with van der Waals surface area (Å²) in [5.74, 6) is 2.52. The van der Waals surface area contributed by atoms with Crippen LogP contribution in [0.25, 0.3) is 0 Å². The van der Waals surface area contributed by atoms with Crippen molar-refractivity contribution in [2.45, 2.75) is 38.5 Å². The quantitative estimate of drug-likeness (QED) is 0.591. The molecule has 0 unspecified atom stereocenters. The molecular weight excluding hydrogens is 372 g/mol. The van der Waals surface area contributed by atoms with Crippen molar-refractivity contribution in [3.8, 4) is 0 Å². The Bertz CT molecular complexity index is 776. The zero-order chi connectivity index (χ0) is 19.2. The van der Waals surface area contributed by atoms with Gasteiger partial charge >= 0.3 is 0 Å². The van der Waals surface area contributed by atoms with E-state index in [1.165, 1.54) is 38.5 Å². The van der Waals surface area contributed by atoms with Gasteiger partial charge in [0.05, 0.1) is 6.21 Å². The number of rotatable bonds is 5. The molecule has 0 bridgehead atoms. The third-order valence-electron chi connectivity index (χ3n) is 5.31. The first kappa shape index (κ1) is 19.0. The van der Waals surface area contributed by atoms with E-state index in [1.54, 1.807) is 6.21 Å². The molecule has 2 aromatic rings. The summed E-state index contributed by atoms with van der Waals surface area (Å²) >= 11 is 6.20. The summed E-state index contributed by atoms with van der Waals surface area (Å²) in [7, 11) is 0. The smallest absolute Gasteiger partial charge is 0.229 e. The maximum Gasteiger partial charge on any atom is 0.229 e. The van der Waals surface area contributed by atoms with Gasteiger partial charge in [-0.3, -0.25) is 5.43 Å². The second-order valence-electron chi connectivity index (χ2n) is 7.40. The highest BCUT2D eigenvalue weighted by atomic mass is 35.5. The number of benzene rings is 1. The molecular formula is C21H27ClN6. The Hall–Kier alpha value is -2.34. The van der Waals surface area contributed by atoms with Gasteiger partial charge in [-0.15, -0.1) is 0 Å². The second kappa shape index (κ2) is 9.24. The van der Waals surface area contributed by atoms with E-state index >= 15 is 0 Å². The third kappa shape index (κ3) is 4.73. The number of anilines is 3. The monoisotopic (exact) mass is 398 g/mol.